The standard InChI is InChI=1S/C15H22N2O2/c1-11-4-3-7-17(15(11)18)10-13-8-12(9-16)5-6-14(13)19-2/h5-6,8,11H,3-4,7,9-10,16H2,1-2H3. The van der Waals surface area contributed by atoms with Crippen molar-refractivity contribution in [3.63, 3.8) is 0 Å². The first-order chi connectivity index (χ1) is 9.15. The van der Waals surface area contributed by atoms with Crippen LogP contribution in [0.3, 0.4) is 0 Å². The van der Waals surface area contributed by atoms with Gasteiger partial charge in [-0.25, -0.2) is 0 Å². The van der Waals surface area contributed by atoms with E-state index in [4.69, 9.17) is 10.5 Å². The van der Waals surface area contributed by atoms with Gasteiger partial charge >= 0.3 is 0 Å². The molecule has 2 rings (SSSR count). The third-order valence-corrected chi connectivity index (χ3v) is 3.74. The van der Waals surface area contributed by atoms with Crippen LogP contribution in [0.25, 0.3) is 0 Å². The summed E-state index contributed by atoms with van der Waals surface area (Å²) in [7, 11) is 1.65. The van der Waals surface area contributed by atoms with Gasteiger partial charge in [0, 0.05) is 31.1 Å². The van der Waals surface area contributed by atoms with E-state index in [1.165, 1.54) is 0 Å². The molecule has 4 nitrogen and oxygen atoms in total. The number of nitrogens with zero attached hydrogens (tertiary/aromatic N) is 1. The van der Waals surface area contributed by atoms with Crippen LogP contribution in [-0.4, -0.2) is 24.5 Å². The first-order valence-electron chi connectivity index (χ1n) is 6.80. The lowest BCUT2D eigenvalue weighted by Crippen LogP contribution is -2.39. The van der Waals surface area contributed by atoms with Crippen LogP contribution >= 0.6 is 0 Å². The van der Waals surface area contributed by atoms with E-state index in [1.54, 1.807) is 7.11 Å². The zero-order chi connectivity index (χ0) is 13.8. The Morgan fingerprint density at radius 2 is 2.26 bits per heavy atom. The Hall–Kier alpha value is -1.55. The highest BCUT2D eigenvalue weighted by Crippen LogP contribution is 2.25. The Morgan fingerprint density at radius 3 is 2.95 bits per heavy atom. The van der Waals surface area contributed by atoms with E-state index in [2.05, 4.69) is 0 Å². The third-order valence-electron chi connectivity index (χ3n) is 3.74. The molecule has 0 spiro atoms. The van der Waals surface area contributed by atoms with Crippen molar-refractivity contribution in [1.29, 1.82) is 0 Å². The van der Waals surface area contributed by atoms with Gasteiger partial charge in [-0.3, -0.25) is 4.79 Å². The van der Waals surface area contributed by atoms with Crippen molar-refractivity contribution in [2.45, 2.75) is 32.9 Å². The number of hydrogen-bond acceptors (Lipinski definition) is 3. The number of hydrogen-bond donors (Lipinski definition) is 1. The molecule has 1 aliphatic rings. The molecule has 1 aromatic rings. The van der Waals surface area contributed by atoms with E-state index in [1.807, 2.05) is 30.0 Å². The molecule has 1 unspecified atom stereocenters. The molecule has 2 N–H and O–H groups in total. The molecule has 1 amide bonds. The second-order valence-corrected chi connectivity index (χ2v) is 5.15. The predicted molar refractivity (Wildman–Crippen MR) is 74.7 cm³/mol. The fourth-order valence-corrected chi connectivity index (χ4v) is 2.58. The molecule has 1 aromatic carbocycles. The van der Waals surface area contributed by atoms with Gasteiger partial charge in [-0.2, -0.15) is 0 Å². The van der Waals surface area contributed by atoms with Crippen LogP contribution in [0.2, 0.25) is 0 Å². The van der Waals surface area contributed by atoms with Crippen LogP contribution in [0.15, 0.2) is 18.2 Å². The molecule has 19 heavy (non-hydrogen) atoms. The molecule has 1 saturated heterocycles. The number of ether oxygens (including phenoxy) is 1. The zero-order valence-electron chi connectivity index (χ0n) is 11.7. The number of piperidine rings is 1. The Balaban J connectivity index is 2.19. The summed E-state index contributed by atoms with van der Waals surface area (Å²) in [5, 5.41) is 0. The summed E-state index contributed by atoms with van der Waals surface area (Å²) in [6.07, 6.45) is 2.07. The van der Waals surface area contributed by atoms with Gasteiger partial charge in [0.2, 0.25) is 5.91 Å². The van der Waals surface area contributed by atoms with Crippen molar-refractivity contribution in [3.05, 3.63) is 29.3 Å². The molecular formula is C15H22N2O2. The molecule has 0 saturated carbocycles. The molecule has 0 bridgehead atoms. The summed E-state index contributed by atoms with van der Waals surface area (Å²) in [6, 6.07) is 5.92. The summed E-state index contributed by atoms with van der Waals surface area (Å²) >= 11 is 0. The van der Waals surface area contributed by atoms with Crippen LogP contribution in [0, 0.1) is 5.92 Å². The second kappa shape index (κ2) is 6.06. The van der Waals surface area contributed by atoms with Gasteiger partial charge < -0.3 is 15.4 Å². The number of amides is 1. The van der Waals surface area contributed by atoms with E-state index in [0.29, 0.717) is 13.1 Å². The van der Waals surface area contributed by atoms with Crippen molar-refractivity contribution in [2.24, 2.45) is 11.7 Å². The summed E-state index contributed by atoms with van der Waals surface area (Å²) in [5.41, 5.74) is 7.77. The maximum atomic E-state index is 12.1. The first-order valence-corrected chi connectivity index (χ1v) is 6.80. The molecule has 0 aromatic heterocycles. The van der Waals surface area contributed by atoms with Crippen molar-refractivity contribution >= 4 is 5.91 Å². The first kappa shape index (κ1) is 13.9. The average molecular weight is 262 g/mol. The molecule has 104 valence electrons. The highest BCUT2D eigenvalue weighted by molar-refractivity contribution is 5.79. The minimum atomic E-state index is 0.137. The molecule has 1 atom stereocenters. The molecule has 0 aliphatic carbocycles. The maximum Gasteiger partial charge on any atom is 0.225 e. The Bertz CT molecular complexity index is 459. The lowest BCUT2D eigenvalue weighted by Gasteiger charge is -2.31. The van der Waals surface area contributed by atoms with Crippen LogP contribution < -0.4 is 10.5 Å². The highest BCUT2D eigenvalue weighted by atomic mass is 16.5. The summed E-state index contributed by atoms with van der Waals surface area (Å²) in [6.45, 7) is 3.95. The SMILES string of the molecule is COc1ccc(CN)cc1CN1CCCC(C)C1=O. The van der Waals surface area contributed by atoms with Crippen LogP contribution in [0.1, 0.15) is 30.9 Å². The fourth-order valence-electron chi connectivity index (χ4n) is 2.58. The highest BCUT2D eigenvalue weighted by Gasteiger charge is 2.25. The van der Waals surface area contributed by atoms with E-state index < -0.39 is 0 Å². The number of benzene rings is 1. The van der Waals surface area contributed by atoms with Crippen molar-refractivity contribution in [1.82, 2.24) is 4.90 Å². The van der Waals surface area contributed by atoms with E-state index in [0.717, 1.165) is 36.3 Å². The molecule has 4 heteroatoms. The second-order valence-electron chi connectivity index (χ2n) is 5.15. The largest absolute Gasteiger partial charge is 0.496 e. The van der Waals surface area contributed by atoms with Crippen LogP contribution in [0.5, 0.6) is 5.75 Å². The van der Waals surface area contributed by atoms with Gasteiger partial charge in [-0.1, -0.05) is 13.0 Å². The van der Waals surface area contributed by atoms with E-state index in [-0.39, 0.29) is 11.8 Å². The summed E-state index contributed by atoms with van der Waals surface area (Å²) < 4.78 is 5.37. The van der Waals surface area contributed by atoms with Gasteiger partial charge in [0.15, 0.2) is 0 Å². The van der Waals surface area contributed by atoms with Crippen molar-refractivity contribution in [3.8, 4) is 5.75 Å². The van der Waals surface area contributed by atoms with Crippen LogP contribution in [-0.2, 0) is 17.9 Å². The minimum Gasteiger partial charge on any atom is -0.496 e. The molecule has 0 radical (unpaired) electrons. The quantitative estimate of drug-likeness (QED) is 0.902. The lowest BCUT2D eigenvalue weighted by molar-refractivity contribution is -0.138. The number of nitrogens with two attached hydrogens (primary N) is 1. The number of methoxy groups -OCH3 is 1. The van der Waals surface area contributed by atoms with Crippen molar-refractivity contribution in [2.75, 3.05) is 13.7 Å². The molecule has 1 fully saturated rings. The third kappa shape index (κ3) is 3.07. The van der Waals surface area contributed by atoms with Gasteiger partial charge in [0.05, 0.1) is 7.11 Å². The molecule has 1 aliphatic heterocycles. The zero-order valence-corrected chi connectivity index (χ0v) is 11.7. The van der Waals surface area contributed by atoms with Gasteiger partial charge in [-0.05, 0) is 30.5 Å². The Kier molecular flexibility index (Phi) is 4.43. The Morgan fingerprint density at radius 1 is 1.47 bits per heavy atom. The monoisotopic (exact) mass is 262 g/mol. The number of rotatable bonds is 4. The average Bonchev–Trinajstić information content (AvgIpc) is 2.43. The summed E-state index contributed by atoms with van der Waals surface area (Å²) in [4.78, 5) is 14.1. The summed E-state index contributed by atoms with van der Waals surface area (Å²) in [5.74, 6) is 1.20. The smallest absolute Gasteiger partial charge is 0.225 e. The van der Waals surface area contributed by atoms with Crippen LogP contribution in [0.4, 0.5) is 0 Å². The van der Waals surface area contributed by atoms with Gasteiger partial charge in [-0.15, -0.1) is 0 Å². The van der Waals surface area contributed by atoms with Gasteiger partial charge in [0.1, 0.15) is 5.75 Å². The Labute approximate surface area is 114 Å². The number of carbonyl (C=O) groups excluding carboxylic acids is 1. The van der Waals surface area contributed by atoms with Gasteiger partial charge in [0.25, 0.3) is 0 Å². The molecule has 1 heterocycles. The number of carbonyl (C=O) groups is 1. The molecular weight excluding hydrogens is 240 g/mol. The van der Waals surface area contributed by atoms with E-state index >= 15 is 0 Å². The normalized spacial score (nSPS) is 19.6. The minimum absolute atomic E-state index is 0.137. The van der Waals surface area contributed by atoms with Crippen molar-refractivity contribution < 1.29 is 9.53 Å². The van der Waals surface area contributed by atoms with E-state index in [9.17, 15) is 4.79 Å². The maximum absolute atomic E-state index is 12.1. The number of likely N-dealkylation sites (tertiary alicyclic amines) is 1. The fraction of sp³-hybridized carbons (Fsp3) is 0.533. The predicted octanol–water partition coefficient (Wildman–Crippen LogP) is 1.91. The topological polar surface area (TPSA) is 55.6 Å². The lowest BCUT2D eigenvalue weighted by atomic mass is 9.98.